The van der Waals surface area contributed by atoms with Crippen LogP contribution in [0.15, 0.2) is 54.9 Å². The van der Waals surface area contributed by atoms with E-state index in [2.05, 4.69) is 63.7 Å². The minimum atomic E-state index is -0.138. The fourth-order valence-electron chi connectivity index (χ4n) is 5.20. The number of fused-ring (bicyclic) bond motifs is 1. The lowest BCUT2D eigenvalue weighted by Gasteiger charge is -2.16. The van der Waals surface area contributed by atoms with Crippen LogP contribution in [0.25, 0.3) is 21.8 Å². The molecule has 2 aliphatic heterocycles. The number of amides is 1. The molecule has 2 aliphatic rings. The number of rotatable bonds is 2. The van der Waals surface area contributed by atoms with Crippen LogP contribution in [0.4, 0.5) is 0 Å². The third-order valence-corrected chi connectivity index (χ3v) is 6.39. The highest BCUT2D eigenvalue weighted by atomic mass is 16.2. The van der Waals surface area contributed by atoms with Crippen LogP contribution in [0.1, 0.15) is 34.9 Å². The molecule has 2 aromatic heterocycles. The van der Waals surface area contributed by atoms with Gasteiger partial charge in [-0.25, -0.2) is 0 Å². The van der Waals surface area contributed by atoms with Crippen LogP contribution in [0.2, 0.25) is 0 Å². The zero-order chi connectivity index (χ0) is 18.0. The van der Waals surface area contributed by atoms with Gasteiger partial charge in [-0.05, 0) is 35.6 Å². The molecule has 0 spiro atoms. The van der Waals surface area contributed by atoms with E-state index in [0.29, 0.717) is 6.54 Å². The van der Waals surface area contributed by atoms with Crippen molar-refractivity contribution in [2.75, 3.05) is 6.54 Å². The van der Waals surface area contributed by atoms with Gasteiger partial charge in [-0.15, -0.1) is 0 Å². The molecule has 4 heteroatoms. The van der Waals surface area contributed by atoms with E-state index < -0.39 is 0 Å². The summed E-state index contributed by atoms with van der Waals surface area (Å²) < 4.78 is 2.36. The molecule has 6 rings (SSSR count). The highest BCUT2D eigenvalue weighted by molar-refractivity contribution is 5.97. The van der Waals surface area contributed by atoms with Gasteiger partial charge in [-0.3, -0.25) is 4.79 Å². The van der Waals surface area contributed by atoms with Gasteiger partial charge in [-0.2, -0.15) is 0 Å². The molecule has 0 unspecified atom stereocenters. The zero-order valence-electron chi connectivity index (χ0n) is 15.0. The standard InChI is InChI=1S/C23H21N3O/c27-23-21(18(12-25-23)17-11-24-20-9-2-1-7-15(17)20)19-13-26-10-4-6-14-5-3-8-16(19)22(14)26/h1-3,5,7-9,11,13,18,21,24H,4,6,10,12H2,(H,25,27)/t18-,21-/m0/s1. The van der Waals surface area contributed by atoms with Gasteiger partial charge in [0.2, 0.25) is 5.91 Å². The van der Waals surface area contributed by atoms with Gasteiger partial charge in [0.15, 0.2) is 0 Å². The average molecular weight is 355 g/mol. The predicted octanol–water partition coefficient (Wildman–Crippen LogP) is 4.07. The van der Waals surface area contributed by atoms with Crippen LogP contribution < -0.4 is 5.32 Å². The first kappa shape index (κ1) is 15.1. The number of aromatic nitrogens is 2. The Bertz CT molecular complexity index is 1200. The topological polar surface area (TPSA) is 49.8 Å². The Morgan fingerprint density at radius 3 is 2.85 bits per heavy atom. The van der Waals surface area contributed by atoms with E-state index in [1.165, 1.54) is 39.4 Å². The van der Waals surface area contributed by atoms with Crippen LogP contribution in [0, 0.1) is 0 Å². The van der Waals surface area contributed by atoms with Gasteiger partial charge in [0.05, 0.1) is 11.4 Å². The summed E-state index contributed by atoms with van der Waals surface area (Å²) in [6.07, 6.45) is 6.63. The summed E-state index contributed by atoms with van der Waals surface area (Å²) in [5.41, 5.74) is 6.29. The van der Waals surface area contributed by atoms with Gasteiger partial charge >= 0.3 is 0 Å². The van der Waals surface area contributed by atoms with Crippen molar-refractivity contribution in [2.45, 2.75) is 31.2 Å². The molecule has 0 aliphatic carbocycles. The lowest BCUT2D eigenvalue weighted by atomic mass is 9.83. The number of hydrogen-bond acceptors (Lipinski definition) is 1. The van der Waals surface area contributed by atoms with Gasteiger partial charge < -0.3 is 14.9 Å². The molecule has 2 atom stereocenters. The number of aryl methyl sites for hydroxylation is 2. The van der Waals surface area contributed by atoms with Crippen molar-refractivity contribution >= 4 is 27.7 Å². The van der Waals surface area contributed by atoms with Crippen molar-refractivity contribution in [2.24, 2.45) is 0 Å². The lowest BCUT2D eigenvalue weighted by molar-refractivity contribution is -0.120. The third-order valence-electron chi connectivity index (χ3n) is 6.39. The quantitative estimate of drug-likeness (QED) is 0.560. The first-order valence-electron chi connectivity index (χ1n) is 9.75. The molecule has 2 aromatic carbocycles. The van der Waals surface area contributed by atoms with E-state index in [-0.39, 0.29) is 17.7 Å². The van der Waals surface area contributed by atoms with Gasteiger partial charge in [0.1, 0.15) is 0 Å². The molecule has 4 nitrogen and oxygen atoms in total. The molecule has 134 valence electrons. The van der Waals surface area contributed by atoms with Gasteiger partial charge in [0, 0.05) is 47.7 Å². The minimum absolute atomic E-state index is 0.138. The Kier molecular flexibility index (Phi) is 3.07. The largest absolute Gasteiger partial charge is 0.361 e. The van der Waals surface area contributed by atoms with Crippen molar-refractivity contribution < 1.29 is 4.79 Å². The van der Waals surface area contributed by atoms with Crippen molar-refractivity contribution in [3.8, 4) is 0 Å². The second kappa shape index (κ2) is 5.49. The molecule has 0 bridgehead atoms. The Morgan fingerprint density at radius 1 is 1.00 bits per heavy atom. The number of H-pyrrole nitrogens is 1. The van der Waals surface area contributed by atoms with Crippen molar-refractivity contribution in [3.63, 3.8) is 0 Å². The van der Waals surface area contributed by atoms with E-state index in [1.54, 1.807) is 0 Å². The molecule has 1 fully saturated rings. The molecule has 0 radical (unpaired) electrons. The molecular weight excluding hydrogens is 334 g/mol. The SMILES string of the molecule is O=C1NC[C@@H](c2c[nH]c3ccccc23)[C@H]1c1cn2c3c(cccc13)CCC2. The van der Waals surface area contributed by atoms with Crippen LogP contribution >= 0.6 is 0 Å². The average Bonchev–Trinajstić information content (AvgIpc) is 3.38. The smallest absolute Gasteiger partial charge is 0.228 e. The summed E-state index contributed by atoms with van der Waals surface area (Å²) in [7, 11) is 0. The number of nitrogens with one attached hydrogen (secondary N) is 2. The number of hydrogen-bond donors (Lipinski definition) is 2. The highest BCUT2D eigenvalue weighted by Gasteiger charge is 2.39. The predicted molar refractivity (Wildman–Crippen MR) is 107 cm³/mol. The molecule has 4 aromatic rings. The molecule has 4 heterocycles. The summed E-state index contributed by atoms with van der Waals surface area (Å²) in [4.78, 5) is 16.3. The summed E-state index contributed by atoms with van der Waals surface area (Å²) >= 11 is 0. The molecular formula is C23H21N3O. The molecule has 27 heavy (non-hydrogen) atoms. The highest BCUT2D eigenvalue weighted by Crippen LogP contribution is 2.43. The maximum atomic E-state index is 12.9. The number of para-hydroxylation sites is 2. The number of carbonyl (C=O) groups is 1. The molecule has 0 saturated carbocycles. The third kappa shape index (κ3) is 2.07. The van der Waals surface area contributed by atoms with E-state index in [1.807, 2.05) is 6.07 Å². The maximum Gasteiger partial charge on any atom is 0.228 e. The Hall–Kier alpha value is -3.01. The van der Waals surface area contributed by atoms with E-state index in [4.69, 9.17) is 0 Å². The lowest BCUT2D eigenvalue weighted by Crippen LogP contribution is -2.18. The second-order valence-corrected chi connectivity index (χ2v) is 7.81. The van der Waals surface area contributed by atoms with E-state index >= 15 is 0 Å². The second-order valence-electron chi connectivity index (χ2n) is 7.81. The first-order valence-corrected chi connectivity index (χ1v) is 9.75. The molecule has 2 N–H and O–H groups in total. The number of benzene rings is 2. The first-order chi connectivity index (χ1) is 13.3. The fraction of sp³-hybridized carbons (Fsp3) is 0.261. The minimum Gasteiger partial charge on any atom is -0.361 e. The summed E-state index contributed by atoms with van der Waals surface area (Å²) in [6.45, 7) is 1.73. The molecule has 1 amide bonds. The number of carbonyl (C=O) groups excluding carboxylic acids is 1. The number of nitrogens with zero attached hydrogens (tertiary/aromatic N) is 1. The Labute approximate surface area is 157 Å². The van der Waals surface area contributed by atoms with Gasteiger partial charge in [0.25, 0.3) is 0 Å². The summed E-state index contributed by atoms with van der Waals surface area (Å²) in [6, 6.07) is 14.9. The molecule has 1 saturated heterocycles. The van der Waals surface area contributed by atoms with Crippen molar-refractivity contribution in [1.29, 1.82) is 0 Å². The summed E-state index contributed by atoms with van der Waals surface area (Å²) in [5.74, 6) is 0.160. The zero-order valence-corrected chi connectivity index (χ0v) is 15.0. The van der Waals surface area contributed by atoms with Crippen molar-refractivity contribution in [3.05, 3.63) is 71.5 Å². The van der Waals surface area contributed by atoms with Crippen LogP contribution in [-0.4, -0.2) is 22.0 Å². The Morgan fingerprint density at radius 2 is 1.89 bits per heavy atom. The monoisotopic (exact) mass is 355 g/mol. The van der Waals surface area contributed by atoms with Gasteiger partial charge in [-0.1, -0.05) is 36.4 Å². The van der Waals surface area contributed by atoms with E-state index in [9.17, 15) is 4.79 Å². The van der Waals surface area contributed by atoms with Crippen LogP contribution in [-0.2, 0) is 17.8 Å². The van der Waals surface area contributed by atoms with E-state index in [0.717, 1.165) is 18.5 Å². The Balaban J connectivity index is 1.55. The van der Waals surface area contributed by atoms with Crippen LogP contribution in [0.3, 0.4) is 0 Å². The fourth-order valence-corrected chi connectivity index (χ4v) is 5.20. The van der Waals surface area contributed by atoms with Crippen molar-refractivity contribution in [1.82, 2.24) is 14.9 Å². The maximum absolute atomic E-state index is 12.9. The summed E-state index contributed by atoms with van der Waals surface area (Å²) in [5, 5.41) is 5.60. The normalized spacial score (nSPS) is 21.9. The number of aromatic amines is 1. The van der Waals surface area contributed by atoms with Crippen LogP contribution in [0.5, 0.6) is 0 Å².